The van der Waals surface area contributed by atoms with Crippen molar-refractivity contribution in [1.29, 1.82) is 0 Å². The van der Waals surface area contributed by atoms with E-state index < -0.39 is 20.7 Å². The number of amides is 1. The molecule has 184 valence electrons. The summed E-state index contributed by atoms with van der Waals surface area (Å²) >= 11 is 5.82. The van der Waals surface area contributed by atoms with Gasteiger partial charge in [-0.3, -0.25) is 14.9 Å². The topological polar surface area (TPSA) is 128 Å². The van der Waals surface area contributed by atoms with Crippen LogP contribution in [0.25, 0.3) is 0 Å². The van der Waals surface area contributed by atoms with Gasteiger partial charge in [0, 0.05) is 29.6 Å². The van der Waals surface area contributed by atoms with Gasteiger partial charge in [-0.2, -0.15) is 0 Å². The van der Waals surface area contributed by atoms with Gasteiger partial charge in [0.05, 0.1) is 10.6 Å². The molecule has 0 fully saturated rings. The third-order valence-electron chi connectivity index (χ3n) is 5.06. The third-order valence-corrected chi connectivity index (χ3v) is 6.05. The van der Waals surface area contributed by atoms with Crippen LogP contribution in [0, 0.1) is 24.0 Å². The number of anilines is 2. The average molecular weight is 518 g/mol. The first-order chi connectivity index (χ1) is 16.4. The van der Waals surface area contributed by atoms with E-state index in [-0.39, 0.29) is 28.8 Å². The van der Waals surface area contributed by atoms with Crippen molar-refractivity contribution in [2.24, 2.45) is 0 Å². The third kappa shape index (κ3) is 7.17. The van der Waals surface area contributed by atoms with Crippen molar-refractivity contribution >= 4 is 44.4 Å². The standard InChI is InChI=1S/C24H24ClN3O6S/c1-15-4-5-16(2)18(10-15)13-34-23-12-19(7-9-21(23)26-14-35(3,32)33)27-24(29)17-6-8-20(25)22(11-17)28(30)31/h4-12,26H,13-14H2,1-3H3,(H,27,29). The van der Waals surface area contributed by atoms with E-state index in [4.69, 9.17) is 16.3 Å². The summed E-state index contributed by atoms with van der Waals surface area (Å²) in [5, 5.41) is 16.6. The van der Waals surface area contributed by atoms with Crippen molar-refractivity contribution in [1.82, 2.24) is 0 Å². The minimum Gasteiger partial charge on any atom is -0.487 e. The minimum absolute atomic E-state index is 0.0539. The number of nitro benzene ring substituents is 1. The molecule has 3 aromatic carbocycles. The van der Waals surface area contributed by atoms with Gasteiger partial charge >= 0.3 is 0 Å². The predicted octanol–water partition coefficient (Wildman–Crippen LogP) is 5.11. The second kappa shape index (κ2) is 10.7. The number of nitrogens with zero attached hydrogens (tertiary/aromatic N) is 1. The number of aryl methyl sites for hydroxylation is 2. The molecule has 0 saturated carbocycles. The van der Waals surface area contributed by atoms with Crippen LogP contribution in [0.1, 0.15) is 27.0 Å². The first-order valence-electron chi connectivity index (χ1n) is 10.4. The molecular weight excluding hydrogens is 494 g/mol. The lowest BCUT2D eigenvalue weighted by atomic mass is 10.1. The van der Waals surface area contributed by atoms with Crippen LogP contribution in [0.5, 0.6) is 5.75 Å². The highest BCUT2D eigenvalue weighted by molar-refractivity contribution is 7.90. The van der Waals surface area contributed by atoms with E-state index >= 15 is 0 Å². The summed E-state index contributed by atoms with van der Waals surface area (Å²) in [5.74, 6) is -0.552. The molecule has 0 unspecified atom stereocenters. The number of hydrogen-bond acceptors (Lipinski definition) is 7. The minimum atomic E-state index is -3.30. The van der Waals surface area contributed by atoms with Gasteiger partial charge in [-0.1, -0.05) is 35.4 Å². The predicted molar refractivity (Wildman–Crippen MR) is 136 cm³/mol. The highest BCUT2D eigenvalue weighted by atomic mass is 35.5. The van der Waals surface area contributed by atoms with Crippen LogP contribution in [0.2, 0.25) is 5.02 Å². The number of halogens is 1. The second-order valence-corrected chi connectivity index (χ2v) is 10.6. The summed E-state index contributed by atoms with van der Waals surface area (Å²) < 4.78 is 29.3. The average Bonchev–Trinajstić information content (AvgIpc) is 2.78. The van der Waals surface area contributed by atoms with Gasteiger partial charge in [0.2, 0.25) is 0 Å². The highest BCUT2D eigenvalue weighted by Gasteiger charge is 2.17. The number of benzene rings is 3. The Kier molecular flexibility index (Phi) is 7.98. The normalized spacial score (nSPS) is 11.1. The van der Waals surface area contributed by atoms with Gasteiger partial charge in [-0.25, -0.2) is 8.42 Å². The molecule has 0 aliphatic carbocycles. The van der Waals surface area contributed by atoms with E-state index in [0.29, 0.717) is 17.1 Å². The number of carbonyl (C=O) groups is 1. The number of rotatable bonds is 9. The Morgan fingerprint density at radius 2 is 1.83 bits per heavy atom. The number of nitro groups is 1. The van der Waals surface area contributed by atoms with Crippen molar-refractivity contribution in [2.75, 3.05) is 22.8 Å². The van der Waals surface area contributed by atoms with Gasteiger partial charge in [-0.05, 0) is 49.2 Å². The van der Waals surface area contributed by atoms with Crippen molar-refractivity contribution in [3.63, 3.8) is 0 Å². The molecule has 0 aliphatic rings. The molecule has 0 atom stereocenters. The lowest BCUT2D eigenvalue weighted by molar-refractivity contribution is -0.384. The fraction of sp³-hybridized carbons (Fsp3) is 0.208. The SMILES string of the molecule is Cc1ccc(C)c(COc2cc(NC(=O)c3ccc(Cl)c([N+](=O)[O-])c3)ccc2NCS(C)(=O)=O)c1. The monoisotopic (exact) mass is 517 g/mol. The summed E-state index contributed by atoms with van der Waals surface area (Å²) in [7, 11) is -3.30. The number of sulfone groups is 1. The Morgan fingerprint density at radius 1 is 1.09 bits per heavy atom. The maximum atomic E-state index is 12.7. The fourth-order valence-electron chi connectivity index (χ4n) is 3.18. The van der Waals surface area contributed by atoms with E-state index in [1.165, 1.54) is 12.1 Å². The van der Waals surface area contributed by atoms with Crippen LogP contribution in [-0.2, 0) is 16.4 Å². The van der Waals surface area contributed by atoms with Gasteiger partial charge in [0.15, 0.2) is 9.84 Å². The Balaban J connectivity index is 1.87. The molecule has 9 nitrogen and oxygen atoms in total. The van der Waals surface area contributed by atoms with E-state index in [9.17, 15) is 23.3 Å². The zero-order valence-electron chi connectivity index (χ0n) is 19.3. The summed E-state index contributed by atoms with van der Waals surface area (Å²) in [4.78, 5) is 23.2. The molecule has 1 amide bonds. The zero-order chi connectivity index (χ0) is 25.8. The number of nitrogens with one attached hydrogen (secondary N) is 2. The van der Waals surface area contributed by atoms with Gasteiger partial charge in [0.25, 0.3) is 11.6 Å². The van der Waals surface area contributed by atoms with Crippen LogP contribution in [0.3, 0.4) is 0 Å². The Labute approximate surface area is 208 Å². The maximum absolute atomic E-state index is 12.7. The zero-order valence-corrected chi connectivity index (χ0v) is 20.9. The fourth-order valence-corrected chi connectivity index (χ4v) is 3.79. The first-order valence-corrected chi connectivity index (χ1v) is 12.9. The van der Waals surface area contributed by atoms with E-state index in [2.05, 4.69) is 10.6 Å². The Bertz CT molecular complexity index is 1390. The summed E-state index contributed by atoms with van der Waals surface area (Å²) in [6.45, 7) is 4.16. The molecule has 0 heterocycles. The molecular formula is C24H24ClN3O6S. The van der Waals surface area contributed by atoms with E-state index in [1.54, 1.807) is 18.2 Å². The highest BCUT2D eigenvalue weighted by Crippen LogP contribution is 2.31. The quantitative estimate of drug-likeness (QED) is 0.298. The van der Waals surface area contributed by atoms with Crippen molar-refractivity contribution in [3.05, 3.63) is 92.0 Å². The van der Waals surface area contributed by atoms with Crippen molar-refractivity contribution in [2.45, 2.75) is 20.5 Å². The molecule has 3 rings (SSSR count). The molecule has 35 heavy (non-hydrogen) atoms. The lowest BCUT2D eigenvalue weighted by Crippen LogP contribution is -2.14. The number of hydrogen-bond donors (Lipinski definition) is 2. The van der Waals surface area contributed by atoms with Crippen molar-refractivity contribution < 1.29 is 22.9 Å². The molecule has 3 aromatic rings. The van der Waals surface area contributed by atoms with E-state index in [1.807, 2.05) is 32.0 Å². The molecule has 2 N–H and O–H groups in total. The molecule has 0 aliphatic heterocycles. The summed E-state index contributed by atoms with van der Waals surface area (Å²) in [6.07, 6.45) is 1.11. The van der Waals surface area contributed by atoms with Crippen LogP contribution in [0.15, 0.2) is 54.6 Å². The first kappa shape index (κ1) is 26.0. The molecule has 0 bridgehead atoms. The molecule has 11 heteroatoms. The Morgan fingerprint density at radius 3 is 2.51 bits per heavy atom. The number of carbonyl (C=O) groups excluding carboxylic acids is 1. The number of ether oxygens (including phenoxy) is 1. The maximum Gasteiger partial charge on any atom is 0.288 e. The van der Waals surface area contributed by atoms with Crippen LogP contribution < -0.4 is 15.4 Å². The second-order valence-electron chi connectivity index (χ2n) is 8.05. The van der Waals surface area contributed by atoms with Crippen LogP contribution in [-0.4, -0.2) is 31.4 Å². The van der Waals surface area contributed by atoms with Crippen LogP contribution >= 0.6 is 11.6 Å². The van der Waals surface area contributed by atoms with Gasteiger partial charge < -0.3 is 15.4 Å². The van der Waals surface area contributed by atoms with Crippen LogP contribution in [0.4, 0.5) is 17.1 Å². The van der Waals surface area contributed by atoms with E-state index in [0.717, 1.165) is 29.0 Å². The molecule has 0 spiro atoms. The van der Waals surface area contributed by atoms with Gasteiger partial charge in [-0.15, -0.1) is 0 Å². The lowest BCUT2D eigenvalue weighted by Gasteiger charge is -2.16. The Hall–Kier alpha value is -3.63. The van der Waals surface area contributed by atoms with Gasteiger partial charge in [0.1, 0.15) is 23.3 Å². The molecule has 0 radical (unpaired) electrons. The largest absolute Gasteiger partial charge is 0.487 e. The molecule has 0 saturated heterocycles. The molecule has 0 aromatic heterocycles. The summed E-state index contributed by atoms with van der Waals surface area (Å²) in [5.41, 5.74) is 3.53. The smallest absolute Gasteiger partial charge is 0.288 e. The summed E-state index contributed by atoms with van der Waals surface area (Å²) in [6, 6.07) is 14.4. The van der Waals surface area contributed by atoms with Crippen molar-refractivity contribution in [3.8, 4) is 5.75 Å².